The lowest BCUT2D eigenvalue weighted by Crippen LogP contribution is -2.37. The van der Waals surface area contributed by atoms with E-state index in [1.807, 2.05) is 0 Å². The average molecular weight is 412 g/mol. The normalized spacial score (nSPS) is 26.4. The van der Waals surface area contributed by atoms with Gasteiger partial charge in [0.1, 0.15) is 0 Å². The molecule has 27 heavy (non-hydrogen) atoms. The Labute approximate surface area is 159 Å². The summed E-state index contributed by atoms with van der Waals surface area (Å²) >= 11 is 1.24. The number of aliphatic carboxylic acids is 1. The summed E-state index contributed by atoms with van der Waals surface area (Å²) in [5.74, 6) is -0.491. The Morgan fingerprint density at radius 1 is 1.22 bits per heavy atom. The standard InChI is InChI=1S/C16H16N2O7S2/c19-14(3-4-15(20)21)17-16-18(10-6-27(22,23)7-13(10)26-16)9-1-2-11-12(5-9)25-8-24-11/h1-2,5,10,13H,3-4,6-8H2,(H,20,21)/t10-,13+/m0/s1. The zero-order chi connectivity index (χ0) is 19.2. The van der Waals surface area contributed by atoms with Gasteiger partial charge in [-0.2, -0.15) is 4.99 Å². The number of amides is 1. The van der Waals surface area contributed by atoms with Crippen molar-refractivity contribution in [2.45, 2.75) is 24.1 Å². The first-order chi connectivity index (χ1) is 12.8. The number of fused-ring (bicyclic) bond motifs is 2. The summed E-state index contributed by atoms with van der Waals surface area (Å²) in [5.41, 5.74) is 0.654. The summed E-state index contributed by atoms with van der Waals surface area (Å²) in [4.78, 5) is 28.5. The molecule has 0 spiro atoms. The lowest BCUT2D eigenvalue weighted by atomic mass is 10.2. The third kappa shape index (κ3) is 3.61. The van der Waals surface area contributed by atoms with Gasteiger partial charge < -0.3 is 19.5 Å². The van der Waals surface area contributed by atoms with Crippen molar-refractivity contribution < 1.29 is 32.6 Å². The third-order valence-corrected chi connectivity index (χ3v) is 7.68. The molecule has 4 rings (SSSR count). The zero-order valence-corrected chi connectivity index (χ0v) is 15.7. The maximum absolute atomic E-state index is 12.1. The minimum Gasteiger partial charge on any atom is -0.481 e. The van der Waals surface area contributed by atoms with Crippen LogP contribution in [0.15, 0.2) is 23.2 Å². The summed E-state index contributed by atoms with van der Waals surface area (Å²) in [6.45, 7) is 0.114. The van der Waals surface area contributed by atoms with Crippen LogP contribution in [0.1, 0.15) is 12.8 Å². The Bertz CT molecular complexity index is 944. The number of ether oxygens (including phenoxy) is 2. The van der Waals surface area contributed by atoms with Crippen molar-refractivity contribution in [1.82, 2.24) is 0 Å². The Kier molecular flexibility index (Phi) is 4.50. The number of benzene rings is 1. The molecule has 144 valence electrons. The van der Waals surface area contributed by atoms with Crippen molar-refractivity contribution in [2.24, 2.45) is 4.99 Å². The van der Waals surface area contributed by atoms with E-state index in [9.17, 15) is 18.0 Å². The molecule has 1 aromatic carbocycles. The van der Waals surface area contributed by atoms with Gasteiger partial charge >= 0.3 is 5.97 Å². The highest BCUT2D eigenvalue weighted by Gasteiger charge is 2.49. The first-order valence-corrected chi connectivity index (χ1v) is 10.9. The largest absolute Gasteiger partial charge is 0.481 e. The molecule has 0 aromatic heterocycles. The Morgan fingerprint density at radius 2 is 2.00 bits per heavy atom. The quantitative estimate of drug-likeness (QED) is 0.768. The van der Waals surface area contributed by atoms with E-state index in [0.717, 1.165) is 0 Å². The molecule has 1 amide bonds. The number of carbonyl (C=O) groups excluding carboxylic acids is 1. The lowest BCUT2D eigenvalue weighted by Gasteiger charge is -2.24. The topological polar surface area (TPSA) is 123 Å². The molecule has 0 aliphatic carbocycles. The number of carbonyl (C=O) groups is 2. The van der Waals surface area contributed by atoms with Gasteiger partial charge in [-0.3, -0.25) is 9.59 Å². The maximum Gasteiger partial charge on any atom is 0.303 e. The molecule has 2 fully saturated rings. The van der Waals surface area contributed by atoms with Gasteiger partial charge in [0.15, 0.2) is 26.5 Å². The van der Waals surface area contributed by atoms with Crippen molar-refractivity contribution in [3.63, 3.8) is 0 Å². The van der Waals surface area contributed by atoms with Crippen LogP contribution in [0.25, 0.3) is 0 Å². The molecule has 0 bridgehead atoms. The second-order valence-corrected chi connectivity index (χ2v) is 9.75. The van der Waals surface area contributed by atoms with E-state index < -0.39 is 21.7 Å². The van der Waals surface area contributed by atoms with Gasteiger partial charge in [-0.15, -0.1) is 0 Å². The van der Waals surface area contributed by atoms with E-state index in [2.05, 4.69) is 4.99 Å². The van der Waals surface area contributed by atoms with Crippen molar-refractivity contribution >= 4 is 44.3 Å². The number of hydrogen-bond acceptors (Lipinski definition) is 7. The number of carboxylic acid groups (broad SMARTS) is 1. The fraction of sp³-hybridized carbons (Fsp3) is 0.438. The van der Waals surface area contributed by atoms with Crippen LogP contribution in [0.4, 0.5) is 5.69 Å². The predicted octanol–water partition coefficient (Wildman–Crippen LogP) is 0.881. The third-order valence-electron chi connectivity index (χ3n) is 4.47. The maximum atomic E-state index is 12.1. The van der Waals surface area contributed by atoms with Crippen LogP contribution < -0.4 is 14.4 Å². The molecular formula is C16H16N2O7S2. The Morgan fingerprint density at radius 3 is 2.78 bits per heavy atom. The van der Waals surface area contributed by atoms with Crippen molar-refractivity contribution in [3.05, 3.63) is 18.2 Å². The van der Waals surface area contributed by atoms with E-state index >= 15 is 0 Å². The fourth-order valence-corrected chi connectivity index (χ4v) is 7.21. The molecule has 2 saturated heterocycles. The van der Waals surface area contributed by atoms with E-state index in [1.54, 1.807) is 23.1 Å². The first-order valence-electron chi connectivity index (χ1n) is 8.22. The highest BCUT2D eigenvalue weighted by molar-refractivity contribution is 8.16. The molecule has 1 aromatic rings. The van der Waals surface area contributed by atoms with Gasteiger partial charge in [-0.25, -0.2) is 8.42 Å². The minimum atomic E-state index is -3.17. The number of aliphatic imine (C=N–C) groups is 1. The van der Waals surface area contributed by atoms with Gasteiger partial charge in [0.25, 0.3) is 0 Å². The predicted molar refractivity (Wildman–Crippen MR) is 98.2 cm³/mol. The van der Waals surface area contributed by atoms with Crippen molar-refractivity contribution in [2.75, 3.05) is 23.2 Å². The van der Waals surface area contributed by atoms with E-state index in [-0.39, 0.29) is 42.4 Å². The van der Waals surface area contributed by atoms with Crippen LogP contribution in [0.2, 0.25) is 0 Å². The van der Waals surface area contributed by atoms with Crippen LogP contribution in [0.3, 0.4) is 0 Å². The van der Waals surface area contributed by atoms with Crippen molar-refractivity contribution in [3.8, 4) is 11.5 Å². The Hall–Kier alpha value is -2.27. The van der Waals surface area contributed by atoms with Crippen molar-refractivity contribution in [1.29, 1.82) is 0 Å². The summed E-state index contributed by atoms with van der Waals surface area (Å²) < 4.78 is 34.8. The van der Waals surface area contributed by atoms with E-state index in [0.29, 0.717) is 22.4 Å². The number of anilines is 1. The minimum absolute atomic E-state index is 0.0196. The van der Waals surface area contributed by atoms with Crippen LogP contribution in [-0.2, 0) is 19.4 Å². The van der Waals surface area contributed by atoms with E-state index in [4.69, 9.17) is 14.6 Å². The summed E-state index contributed by atoms with van der Waals surface area (Å²) in [7, 11) is -3.17. The van der Waals surface area contributed by atoms with Gasteiger partial charge in [-0.05, 0) is 12.1 Å². The van der Waals surface area contributed by atoms with E-state index in [1.165, 1.54) is 11.8 Å². The smallest absolute Gasteiger partial charge is 0.303 e. The van der Waals surface area contributed by atoms with Gasteiger partial charge in [-0.1, -0.05) is 11.8 Å². The average Bonchev–Trinajstić information content (AvgIpc) is 3.24. The molecular weight excluding hydrogens is 396 g/mol. The molecule has 0 unspecified atom stereocenters. The van der Waals surface area contributed by atoms with Crippen LogP contribution in [0, 0.1) is 0 Å². The fourth-order valence-electron chi connectivity index (χ4n) is 3.28. The number of hydrogen-bond donors (Lipinski definition) is 1. The van der Waals surface area contributed by atoms with Gasteiger partial charge in [0.05, 0.1) is 24.0 Å². The molecule has 11 heteroatoms. The number of rotatable bonds is 4. The first kappa shape index (κ1) is 18.1. The highest BCUT2D eigenvalue weighted by atomic mass is 32.2. The molecule has 3 aliphatic heterocycles. The number of thioether (sulfide) groups is 1. The van der Waals surface area contributed by atoms with Crippen LogP contribution >= 0.6 is 11.8 Å². The molecule has 9 nitrogen and oxygen atoms in total. The zero-order valence-electron chi connectivity index (χ0n) is 14.0. The highest BCUT2D eigenvalue weighted by Crippen LogP contribution is 2.43. The molecule has 0 saturated carbocycles. The second kappa shape index (κ2) is 6.71. The summed E-state index contributed by atoms with van der Waals surface area (Å²) in [6, 6.07) is 4.88. The molecule has 3 heterocycles. The second-order valence-electron chi connectivity index (χ2n) is 6.39. The number of sulfone groups is 1. The molecule has 2 atom stereocenters. The summed E-state index contributed by atoms with van der Waals surface area (Å²) in [5, 5.41) is 8.88. The SMILES string of the molecule is O=C(O)CCC(=O)N=C1S[C@@H]2CS(=O)(=O)C[C@@H]2N1c1ccc2c(c1)OCO2. The van der Waals surface area contributed by atoms with Crippen LogP contribution in [-0.4, -0.2) is 60.2 Å². The number of nitrogens with zero attached hydrogens (tertiary/aromatic N) is 2. The molecule has 3 aliphatic rings. The molecule has 0 radical (unpaired) electrons. The monoisotopic (exact) mass is 412 g/mol. The number of carboxylic acids is 1. The Balaban J connectivity index is 1.66. The molecule has 1 N–H and O–H groups in total. The van der Waals surface area contributed by atoms with Gasteiger partial charge in [0, 0.05) is 23.4 Å². The van der Waals surface area contributed by atoms with Crippen LogP contribution in [0.5, 0.6) is 11.5 Å². The summed E-state index contributed by atoms with van der Waals surface area (Å²) in [6.07, 6.45) is -0.506. The lowest BCUT2D eigenvalue weighted by molar-refractivity contribution is -0.138. The number of amidine groups is 1. The van der Waals surface area contributed by atoms with Gasteiger partial charge in [0.2, 0.25) is 12.7 Å².